The Morgan fingerprint density at radius 3 is 1.94 bits per heavy atom. The Balaban J connectivity index is 2.17. The van der Waals surface area contributed by atoms with E-state index in [2.05, 4.69) is 11.9 Å². The quantitative estimate of drug-likeness (QED) is 0.664. The van der Waals surface area contributed by atoms with Crippen molar-refractivity contribution in [2.45, 2.75) is 0 Å². The molecule has 0 aliphatic carbocycles. The van der Waals surface area contributed by atoms with Gasteiger partial charge in [-0.05, 0) is 0 Å². The van der Waals surface area contributed by atoms with Gasteiger partial charge in [-0.1, -0.05) is 60.7 Å². The number of rotatable bonds is 2. The summed E-state index contributed by atoms with van der Waals surface area (Å²) < 4.78 is 5.63. The fourth-order valence-corrected chi connectivity index (χ4v) is 1.94. The highest BCUT2D eigenvalue weighted by Crippen LogP contribution is 2.31. The number of nitrogens with zero attached hydrogens (tertiary/aromatic N) is 1. The van der Waals surface area contributed by atoms with Crippen molar-refractivity contribution in [1.82, 2.24) is 4.98 Å². The lowest BCUT2D eigenvalue weighted by Gasteiger charge is -2.00. The Bertz CT molecular complexity index is 584. The van der Waals surface area contributed by atoms with Crippen LogP contribution >= 0.6 is 0 Å². The van der Waals surface area contributed by atoms with Crippen LogP contribution in [-0.2, 0) is 0 Å². The van der Waals surface area contributed by atoms with Crippen LogP contribution < -0.4 is 0 Å². The summed E-state index contributed by atoms with van der Waals surface area (Å²) >= 11 is 0. The van der Waals surface area contributed by atoms with Gasteiger partial charge in [0.2, 0.25) is 0 Å². The first-order valence-corrected chi connectivity index (χ1v) is 5.78. The van der Waals surface area contributed by atoms with Gasteiger partial charge in [-0.2, -0.15) is 0 Å². The number of hydrogen-bond donors (Lipinski definition) is 0. The molecule has 0 N–H and O–H groups in total. The highest BCUT2D eigenvalue weighted by Gasteiger charge is 2.14. The van der Waals surface area contributed by atoms with E-state index in [0.29, 0.717) is 5.89 Å². The third-order valence-corrected chi connectivity index (χ3v) is 2.75. The van der Waals surface area contributed by atoms with Crippen molar-refractivity contribution in [1.29, 1.82) is 0 Å². The Labute approximate surface area is 106 Å². The molecule has 0 atom stereocenters. The van der Waals surface area contributed by atoms with Gasteiger partial charge in [-0.15, -0.1) is 0 Å². The summed E-state index contributed by atoms with van der Waals surface area (Å²) in [5, 5.41) is 0. The SMILES string of the molecule is [CH2]c1nc(-c2ccccc2)c(-c2ccccc2)o1. The minimum Gasteiger partial charge on any atom is -0.440 e. The predicted molar refractivity (Wildman–Crippen MR) is 71.8 cm³/mol. The molecule has 0 saturated carbocycles. The number of benzene rings is 2. The normalized spacial score (nSPS) is 10.5. The number of aromatic nitrogens is 1. The van der Waals surface area contributed by atoms with E-state index in [4.69, 9.17) is 4.42 Å². The van der Waals surface area contributed by atoms with Gasteiger partial charge in [0.05, 0.1) is 0 Å². The van der Waals surface area contributed by atoms with Crippen molar-refractivity contribution >= 4 is 0 Å². The van der Waals surface area contributed by atoms with E-state index in [-0.39, 0.29) is 0 Å². The van der Waals surface area contributed by atoms with E-state index in [9.17, 15) is 0 Å². The first-order valence-electron chi connectivity index (χ1n) is 5.78. The lowest BCUT2D eigenvalue weighted by molar-refractivity contribution is 0.551. The van der Waals surface area contributed by atoms with Gasteiger partial charge >= 0.3 is 0 Å². The fraction of sp³-hybridized carbons (Fsp3) is 0. The van der Waals surface area contributed by atoms with Crippen LogP contribution in [0.3, 0.4) is 0 Å². The second kappa shape index (κ2) is 4.49. The maximum atomic E-state index is 5.63. The zero-order valence-electron chi connectivity index (χ0n) is 9.84. The minimum absolute atomic E-state index is 0.438. The van der Waals surface area contributed by atoms with E-state index < -0.39 is 0 Å². The van der Waals surface area contributed by atoms with Gasteiger partial charge in [0.25, 0.3) is 0 Å². The van der Waals surface area contributed by atoms with E-state index in [0.717, 1.165) is 22.6 Å². The molecule has 1 heterocycles. The van der Waals surface area contributed by atoms with Crippen LogP contribution in [0.1, 0.15) is 5.89 Å². The Kier molecular flexibility index (Phi) is 2.69. The lowest BCUT2D eigenvalue weighted by Crippen LogP contribution is -1.81. The molecule has 0 spiro atoms. The number of hydrogen-bond acceptors (Lipinski definition) is 2. The van der Waals surface area contributed by atoms with Gasteiger partial charge in [-0.3, -0.25) is 0 Å². The molecule has 2 aromatic carbocycles. The van der Waals surface area contributed by atoms with Crippen molar-refractivity contribution in [2.75, 3.05) is 0 Å². The molecule has 0 unspecified atom stereocenters. The second-order valence-corrected chi connectivity index (χ2v) is 4.02. The average Bonchev–Trinajstić information content (AvgIpc) is 2.83. The highest BCUT2D eigenvalue weighted by molar-refractivity contribution is 5.76. The van der Waals surface area contributed by atoms with Crippen LogP contribution in [0.5, 0.6) is 0 Å². The van der Waals surface area contributed by atoms with E-state index in [1.165, 1.54) is 0 Å². The van der Waals surface area contributed by atoms with Gasteiger partial charge < -0.3 is 4.42 Å². The van der Waals surface area contributed by atoms with Crippen molar-refractivity contribution in [3.8, 4) is 22.6 Å². The van der Waals surface area contributed by atoms with Gasteiger partial charge in [0, 0.05) is 18.1 Å². The summed E-state index contributed by atoms with van der Waals surface area (Å²) in [6.45, 7) is 3.78. The molecule has 0 amide bonds. The topological polar surface area (TPSA) is 26.0 Å². The minimum atomic E-state index is 0.438. The summed E-state index contributed by atoms with van der Waals surface area (Å²) in [7, 11) is 0. The zero-order chi connectivity index (χ0) is 12.4. The summed E-state index contributed by atoms with van der Waals surface area (Å²) in [5.41, 5.74) is 2.89. The Morgan fingerprint density at radius 1 is 0.778 bits per heavy atom. The predicted octanol–water partition coefficient (Wildman–Crippen LogP) is 4.19. The smallest absolute Gasteiger partial charge is 0.196 e. The van der Waals surface area contributed by atoms with Crippen LogP contribution in [0.4, 0.5) is 0 Å². The molecule has 3 rings (SSSR count). The van der Waals surface area contributed by atoms with Crippen molar-refractivity contribution in [3.63, 3.8) is 0 Å². The first kappa shape index (κ1) is 10.8. The third-order valence-electron chi connectivity index (χ3n) is 2.75. The van der Waals surface area contributed by atoms with Gasteiger partial charge in [0.15, 0.2) is 11.7 Å². The summed E-state index contributed by atoms with van der Waals surface area (Å²) in [5.74, 6) is 1.21. The molecule has 3 aromatic rings. The molecule has 1 radical (unpaired) electrons. The standard InChI is InChI=1S/C16H12NO/c1-12-17-15(13-8-4-2-5-9-13)16(18-12)14-10-6-3-7-11-14/h2-11H,1H2. The molecule has 0 aliphatic heterocycles. The van der Waals surface area contributed by atoms with Crippen LogP contribution in [0.2, 0.25) is 0 Å². The first-order chi connectivity index (χ1) is 8.84. The number of oxazole rings is 1. The highest BCUT2D eigenvalue weighted by atomic mass is 16.4. The Hall–Kier alpha value is -2.35. The summed E-state index contributed by atoms with van der Waals surface area (Å²) in [6, 6.07) is 19.9. The lowest BCUT2D eigenvalue weighted by atomic mass is 10.1. The molecule has 0 fully saturated rings. The van der Waals surface area contributed by atoms with Crippen LogP contribution in [-0.4, -0.2) is 4.98 Å². The molecule has 2 heteroatoms. The second-order valence-electron chi connectivity index (χ2n) is 4.02. The summed E-state index contributed by atoms with van der Waals surface area (Å²) in [4.78, 5) is 4.38. The monoisotopic (exact) mass is 234 g/mol. The molecule has 0 aliphatic rings. The van der Waals surface area contributed by atoms with Crippen molar-refractivity contribution in [2.24, 2.45) is 0 Å². The van der Waals surface area contributed by atoms with E-state index in [1.54, 1.807) is 0 Å². The van der Waals surface area contributed by atoms with Crippen molar-refractivity contribution in [3.05, 3.63) is 73.5 Å². The molecular weight excluding hydrogens is 222 g/mol. The molecule has 18 heavy (non-hydrogen) atoms. The van der Waals surface area contributed by atoms with Crippen molar-refractivity contribution < 1.29 is 4.42 Å². The molecule has 1 aromatic heterocycles. The van der Waals surface area contributed by atoms with Crippen LogP contribution in [0, 0.1) is 6.92 Å². The third kappa shape index (κ3) is 1.93. The van der Waals surface area contributed by atoms with E-state index in [1.807, 2.05) is 60.7 Å². The largest absolute Gasteiger partial charge is 0.440 e. The van der Waals surface area contributed by atoms with Gasteiger partial charge in [0.1, 0.15) is 5.69 Å². The zero-order valence-corrected chi connectivity index (χ0v) is 9.84. The summed E-state index contributed by atoms with van der Waals surface area (Å²) in [6.07, 6.45) is 0. The molecule has 87 valence electrons. The molecule has 0 bridgehead atoms. The maximum absolute atomic E-state index is 5.63. The van der Waals surface area contributed by atoms with Crippen LogP contribution in [0.25, 0.3) is 22.6 Å². The average molecular weight is 234 g/mol. The van der Waals surface area contributed by atoms with Crippen LogP contribution in [0.15, 0.2) is 65.1 Å². The molecule has 2 nitrogen and oxygen atoms in total. The fourth-order valence-electron chi connectivity index (χ4n) is 1.94. The Morgan fingerprint density at radius 2 is 1.33 bits per heavy atom. The molecule has 0 saturated heterocycles. The van der Waals surface area contributed by atoms with Gasteiger partial charge in [-0.25, -0.2) is 4.98 Å². The van der Waals surface area contributed by atoms with E-state index >= 15 is 0 Å². The maximum Gasteiger partial charge on any atom is 0.196 e. The molecular formula is C16H12NO.